The van der Waals surface area contributed by atoms with Crippen molar-refractivity contribution >= 4 is 23.6 Å². The summed E-state index contributed by atoms with van der Waals surface area (Å²) in [6.45, 7) is 1.14. The lowest BCUT2D eigenvalue weighted by Gasteiger charge is -2.15. The molecule has 0 aromatic heterocycles. The standard InChI is InChI=1S/C21H27FN4OS/c1-23-21(25-13-17-9-10-19(22)11-18(17)14-28-4)24-12-15-5-7-16(8-6-15)20(27)26(2)3/h5-11H,12-14H2,1-4H3,(H2,23,24,25). The number of benzene rings is 2. The highest BCUT2D eigenvalue weighted by Gasteiger charge is 2.08. The van der Waals surface area contributed by atoms with Crippen LogP contribution >= 0.6 is 11.8 Å². The van der Waals surface area contributed by atoms with Crippen LogP contribution < -0.4 is 10.6 Å². The average molecular weight is 403 g/mol. The van der Waals surface area contributed by atoms with Crippen LogP contribution in [-0.2, 0) is 18.8 Å². The van der Waals surface area contributed by atoms with Crippen molar-refractivity contribution in [3.63, 3.8) is 0 Å². The third-order valence-electron chi connectivity index (χ3n) is 4.21. The van der Waals surface area contributed by atoms with E-state index in [0.29, 0.717) is 24.6 Å². The summed E-state index contributed by atoms with van der Waals surface area (Å²) in [5, 5.41) is 6.52. The van der Waals surface area contributed by atoms with E-state index in [1.54, 1.807) is 43.9 Å². The van der Waals surface area contributed by atoms with E-state index in [1.807, 2.05) is 36.6 Å². The zero-order chi connectivity index (χ0) is 20.5. The number of hydrogen-bond donors (Lipinski definition) is 2. The molecule has 0 spiro atoms. The molecule has 7 heteroatoms. The van der Waals surface area contributed by atoms with Crippen molar-refractivity contribution in [1.82, 2.24) is 15.5 Å². The molecule has 2 N–H and O–H groups in total. The fourth-order valence-corrected chi connectivity index (χ4v) is 3.25. The number of amides is 1. The second kappa shape index (κ2) is 10.7. The third-order valence-corrected chi connectivity index (χ3v) is 4.80. The number of aliphatic imine (C=N–C) groups is 1. The minimum Gasteiger partial charge on any atom is -0.352 e. The molecule has 28 heavy (non-hydrogen) atoms. The molecule has 5 nitrogen and oxygen atoms in total. The van der Waals surface area contributed by atoms with Crippen LogP contribution in [0.5, 0.6) is 0 Å². The van der Waals surface area contributed by atoms with E-state index < -0.39 is 0 Å². The van der Waals surface area contributed by atoms with Gasteiger partial charge in [-0.1, -0.05) is 18.2 Å². The monoisotopic (exact) mass is 402 g/mol. The summed E-state index contributed by atoms with van der Waals surface area (Å²) in [5.41, 5.74) is 3.74. The lowest BCUT2D eigenvalue weighted by atomic mass is 10.1. The van der Waals surface area contributed by atoms with Gasteiger partial charge in [-0.25, -0.2) is 4.39 Å². The number of thioether (sulfide) groups is 1. The lowest BCUT2D eigenvalue weighted by molar-refractivity contribution is 0.0827. The van der Waals surface area contributed by atoms with Crippen LogP contribution in [0.2, 0.25) is 0 Å². The van der Waals surface area contributed by atoms with E-state index in [4.69, 9.17) is 0 Å². The van der Waals surface area contributed by atoms with Crippen LogP contribution in [0.15, 0.2) is 47.5 Å². The van der Waals surface area contributed by atoms with Gasteiger partial charge in [0.05, 0.1) is 0 Å². The Morgan fingerprint density at radius 2 is 1.75 bits per heavy atom. The molecule has 0 unspecified atom stereocenters. The van der Waals surface area contributed by atoms with Gasteiger partial charge < -0.3 is 15.5 Å². The van der Waals surface area contributed by atoms with E-state index in [9.17, 15) is 9.18 Å². The van der Waals surface area contributed by atoms with Gasteiger partial charge in [0.1, 0.15) is 5.82 Å². The number of nitrogens with one attached hydrogen (secondary N) is 2. The second-order valence-corrected chi connectivity index (χ2v) is 7.39. The Kier molecular flexibility index (Phi) is 8.32. The molecule has 0 fully saturated rings. The fourth-order valence-electron chi connectivity index (χ4n) is 2.67. The molecule has 0 heterocycles. The molecule has 150 valence electrons. The largest absolute Gasteiger partial charge is 0.352 e. The fraction of sp³-hybridized carbons (Fsp3) is 0.333. The molecule has 2 aromatic carbocycles. The van der Waals surface area contributed by atoms with Crippen LogP contribution in [0.4, 0.5) is 4.39 Å². The van der Waals surface area contributed by atoms with Gasteiger partial charge in [0.2, 0.25) is 0 Å². The molecule has 0 radical (unpaired) electrons. The van der Waals surface area contributed by atoms with Gasteiger partial charge in [-0.15, -0.1) is 0 Å². The van der Waals surface area contributed by atoms with Crippen LogP contribution in [0, 0.1) is 5.82 Å². The Morgan fingerprint density at radius 1 is 1.07 bits per heavy atom. The number of guanidine groups is 1. The SMILES string of the molecule is CN=C(NCc1ccc(C(=O)N(C)C)cc1)NCc1ccc(F)cc1CSC. The smallest absolute Gasteiger partial charge is 0.253 e. The maximum Gasteiger partial charge on any atom is 0.253 e. The molecule has 0 aliphatic heterocycles. The molecule has 0 saturated heterocycles. The number of rotatable bonds is 7. The zero-order valence-electron chi connectivity index (χ0n) is 16.8. The Hall–Kier alpha value is -2.54. The van der Waals surface area contributed by atoms with Crippen LogP contribution in [0.25, 0.3) is 0 Å². The van der Waals surface area contributed by atoms with E-state index in [1.165, 1.54) is 6.07 Å². The molecule has 2 aromatic rings. The Balaban J connectivity index is 1.92. The highest BCUT2D eigenvalue weighted by atomic mass is 32.2. The Bertz CT molecular complexity index is 822. The minimum atomic E-state index is -0.216. The summed E-state index contributed by atoms with van der Waals surface area (Å²) >= 11 is 1.66. The van der Waals surface area contributed by atoms with Crippen LogP contribution in [-0.4, -0.2) is 44.2 Å². The molecule has 0 atom stereocenters. The van der Waals surface area contributed by atoms with Crippen LogP contribution in [0.1, 0.15) is 27.0 Å². The van der Waals surface area contributed by atoms with Gasteiger partial charge in [-0.05, 0) is 47.2 Å². The van der Waals surface area contributed by atoms with Gasteiger partial charge in [0, 0.05) is 45.5 Å². The average Bonchev–Trinajstić information content (AvgIpc) is 2.69. The topological polar surface area (TPSA) is 56.7 Å². The number of carbonyl (C=O) groups is 1. The summed E-state index contributed by atoms with van der Waals surface area (Å²) in [6.07, 6.45) is 2.00. The summed E-state index contributed by atoms with van der Waals surface area (Å²) < 4.78 is 13.5. The van der Waals surface area contributed by atoms with E-state index in [0.717, 1.165) is 22.4 Å². The molecule has 0 aliphatic carbocycles. The molecular weight excluding hydrogens is 375 g/mol. The Labute approximate surface area is 170 Å². The first-order valence-corrected chi connectivity index (χ1v) is 10.3. The van der Waals surface area contributed by atoms with E-state index >= 15 is 0 Å². The predicted molar refractivity (Wildman–Crippen MR) is 115 cm³/mol. The number of halogens is 1. The van der Waals surface area contributed by atoms with Crippen molar-refractivity contribution in [1.29, 1.82) is 0 Å². The van der Waals surface area contributed by atoms with E-state index in [2.05, 4.69) is 15.6 Å². The van der Waals surface area contributed by atoms with Crippen molar-refractivity contribution < 1.29 is 9.18 Å². The van der Waals surface area contributed by atoms with Crippen molar-refractivity contribution in [3.05, 3.63) is 70.5 Å². The third kappa shape index (κ3) is 6.27. The molecule has 0 saturated carbocycles. The van der Waals surface area contributed by atoms with Crippen molar-refractivity contribution in [2.24, 2.45) is 4.99 Å². The van der Waals surface area contributed by atoms with Crippen molar-refractivity contribution in [3.8, 4) is 0 Å². The molecule has 0 bridgehead atoms. The summed E-state index contributed by atoms with van der Waals surface area (Å²) in [7, 11) is 5.18. The second-order valence-electron chi connectivity index (χ2n) is 6.52. The summed E-state index contributed by atoms with van der Waals surface area (Å²) in [6, 6.07) is 12.4. The molecule has 2 rings (SSSR count). The van der Waals surface area contributed by atoms with Crippen molar-refractivity contribution in [2.75, 3.05) is 27.4 Å². The molecular formula is C21H27FN4OS. The quantitative estimate of drug-likeness (QED) is 0.551. The lowest BCUT2D eigenvalue weighted by Crippen LogP contribution is -2.36. The highest BCUT2D eigenvalue weighted by molar-refractivity contribution is 7.97. The summed E-state index contributed by atoms with van der Waals surface area (Å²) in [4.78, 5) is 17.7. The van der Waals surface area contributed by atoms with Gasteiger partial charge in [-0.2, -0.15) is 11.8 Å². The number of nitrogens with zero attached hydrogens (tertiary/aromatic N) is 2. The first-order chi connectivity index (χ1) is 13.4. The maximum absolute atomic E-state index is 13.5. The van der Waals surface area contributed by atoms with Crippen LogP contribution in [0.3, 0.4) is 0 Å². The first kappa shape index (κ1) is 21.8. The highest BCUT2D eigenvalue weighted by Crippen LogP contribution is 2.16. The minimum absolute atomic E-state index is 0.0164. The van der Waals surface area contributed by atoms with Gasteiger partial charge >= 0.3 is 0 Å². The summed E-state index contributed by atoms with van der Waals surface area (Å²) in [5.74, 6) is 1.19. The van der Waals surface area contributed by atoms with Crippen molar-refractivity contribution in [2.45, 2.75) is 18.8 Å². The first-order valence-electron chi connectivity index (χ1n) is 8.96. The Morgan fingerprint density at radius 3 is 2.36 bits per heavy atom. The van der Waals surface area contributed by atoms with Gasteiger partial charge in [0.15, 0.2) is 5.96 Å². The number of carbonyl (C=O) groups excluding carboxylic acids is 1. The molecule has 1 amide bonds. The number of hydrogen-bond acceptors (Lipinski definition) is 3. The zero-order valence-corrected chi connectivity index (χ0v) is 17.6. The van der Waals surface area contributed by atoms with Gasteiger partial charge in [0.25, 0.3) is 5.91 Å². The normalized spacial score (nSPS) is 11.2. The van der Waals surface area contributed by atoms with Gasteiger partial charge in [-0.3, -0.25) is 9.79 Å². The van der Waals surface area contributed by atoms with E-state index in [-0.39, 0.29) is 11.7 Å². The maximum atomic E-state index is 13.5. The predicted octanol–water partition coefficient (Wildman–Crippen LogP) is 3.26. The molecule has 0 aliphatic rings.